The van der Waals surface area contributed by atoms with Gasteiger partial charge in [0.15, 0.2) is 6.10 Å². The van der Waals surface area contributed by atoms with E-state index >= 15 is 0 Å². The molecule has 0 spiro atoms. The van der Waals surface area contributed by atoms with E-state index in [-0.39, 0.29) is 12.0 Å². The van der Waals surface area contributed by atoms with Crippen molar-refractivity contribution in [3.05, 3.63) is 42.0 Å². The summed E-state index contributed by atoms with van der Waals surface area (Å²) in [5.41, 5.74) is 2.07. The van der Waals surface area contributed by atoms with Gasteiger partial charge < -0.3 is 15.2 Å². The lowest BCUT2D eigenvalue weighted by Crippen LogP contribution is -2.36. The molecule has 2 N–H and O–H groups in total. The van der Waals surface area contributed by atoms with Gasteiger partial charge >= 0.3 is 0 Å². The van der Waals surface area contributed by atoms with Crippen LogP contribution in [0.2, 0.25) is 0 Å². The van der Waals surface area contributed by atoms with E-state index < -0.39 is 6.10 Å². The van der Waals surface area contributed by atoms with Crippen molar-refractivity contribution < 1.29 is 14.6 Å². The van der Waals surface area contributed by atoms with Crippen LogP contribution < -0.4 is 10.1 Å². The molecule has 1 aliphatic carbocycles. The predicted molar refractivity (Wildman–Crippen MR) is 73.0 cm³/mol. The van der Waals surface area contributed by atoms with Crippen molar-refractivity contribution in [2.45, 2.75) is 32.0 Å². The number of aryl methyl sites for hydroxylation is 1. The predicted octanol–water partition coefficient (Wildman–Crippen LogP) is 1.74. The van der Waals surface area contributed by atoms with E-state index in [4.69, 9.17) is 4.74 Å². The second-order valence-electron chi connectivity index (χ2n) is 4.71. The van der Waals surface area contributed by atoms with Gasteiger partial charge in [-0.15, -0.1) is 6.58 Å². The van der Waals surface area contributed by atoms with Gasteiger partial charge in [0.05, 0.1) is 6.10 Å². The molecule has 0 bridgehead atoms. The fraction of sp³-hybridized carbons (Fsp3) is 0.400. The molecular weight excluding hydrogens is 242 g/mol. The summed E-state index contributed by atoms with van der Waals surface area (Å²) in [5.74, 6) is 0.495. The first-order valence-electron chi connectivity index (χ1n) is 6.48. The maximum atomic E-state index is 11.7. The molecule has 4 nitrogen and oxygen atoms in total. The number of carbonyl (C=O) groups excluding carboxylic acids is 1. The standard InChI is InChI=1S/C15H19NO3/c1-3-8-16-15(18)10(2)19-12-5-6-13-11(9-12)4-7-14(13)17/h3,5-6,9-10,14,17H,1,4,7-8H2,2H3,(H,16,18)/t10?,14-/m1/s1. The fourth-order valence-corrected chi connectivity index (χ4v) is 2.22. The zero-order valence-electron chi connectivity index (χ0n) is 11.1. The average Bonchev–Trinajstić information content (AvgIpc) is 2.77. The lowest BCUT2D eigenvalue weighted by atomic mass is 10.1. The van der Waals surface area contributed by atoms with E-state index in [0.29, 0.717) is 12.3 Å². The van der Waals surface area contributed by atoms with Gasteiger partial charge in [-0.2, -0.15) is 0 Å². The minimum absolute atomic E-state index is 0.166. The smallest absolute Gasteiger partial charge is 0.261 e. The highest BCUT2D eigenvalue weighted by atomic mass is 16.5. The molecule has 1 aromatic carbocycles. The van der Waals surface area contributed by atoms with Gasteiger partial charge in [-0.25, -0.2) is 0 Å². The first-order valence-corrected chi connectivity index (χ1v) is 6.48. The second-order valence-corrected chi connectivity index (χ2v) is 4.71. The molecule has 19 heavy (non-hydrogen) atoms. The molecule has 4 heteroatoms. The zero-order valence-corrected chi connectivity index (χ0v) is 11.1. The number of aliphatic hydroxyl groups is 1. The third-order valence-electron chi connectivity index (χ3n) is 3.26. The molecule has 1 amide bonds. The van der Waals surface area contributed by atoms with Crippen molar-refractivity contribution in [3.63, 3.8) is 0 Å². The number of fused-ring (bicyclic) bond motifs is 1. The summed E-state index contributed by atoms with van der Waals surface area (Å²) < 4.78 is 5.61. The molecule has 0 fully saturated rings. The number of amides is 1. The van der Waals surface area contributed by atoms with Crippen molar-refractivity contribution in [2.24, 2.45) is 0 Å². The SMILES string of the molecule is C=CCNC(=O)C(C)Oc1ccc2c(c1)CC[C@H]2O. The highest BCUT2D eigenvalue weighted by Crippen LogP contribution is 2.33. The monoisotopic (exact) mass is 261 g/mol. The van der Waals surface area contributed by atoms with Crippen molar-refractivity contribution in [1.29, 1.82) is 0 Å². The molecule has 0 heterocycles. The van der Waals surface area contributed by atoms with Crippen LogP contribution >= 0.6 is 0 Å². The Balaban J connectivity index is 2.00. The Hall–Kier alpha value is -1.81. The topological polar surface area (TPSA) is 58.6 Å². The van der Waals surface area contributed by atoms with Gasteiger partial charge in [-0.1, -0.05) is 12.1 Å². The van der Waals surface area contributed by atoms with Crippen LogP contribution in [0.3, 0.4) is 0 Å². The number of nitrogens with one attached hydrogen (secondary N) is 1. The average molecular weight is 261 g/mol. The van der Waals surface area contributed by atoms with Crippen LogP contribution in [-0.4, -0.2) is 23.7 Å². The molecule has 1 aromatic rings. The lowest BCUT2D eigenvalue weighted by Gasteiger charge is -2.15. The fourth-order valence-electron chi connectivity index (χ4n) is 2.22. The van der Waals surface area contributed by atoms with Gasteiger partial charge in [0.1, 0.15) is 5.75 Å². The third kappa shape index (κ3) is 3.15. The van der Waals surface area contributed by atoms with Crippen LogP contribution in [0.25, 0.3) is 0 Å². The van der Waals surface area contributed by atoms with E-state index in [1.807, 2.05) is 12.1 Å². The summed E-state index contributed by atoms with van der Waals surface area (Å²) in [5, 5.41) is 12.4. The molecule has 2 atom stereocenters. The summed E-state index contributed by atoms with van der Waals surface area (Å²) in [7, 11) is 0. The van der Waals surface area contributed by atoms with Crippen LogP contribution in [0.4, 0.5) is 0 Å². The van der Waals surface area contributed by atoms with E-state index in [0.717, 1.165) is 24.0 Å². The van der Waals surface area contributed by atoms with Crippen LogP contribution in [0, 0.1) is 0 Å². The molecule has 2 rings (SSSR count). The molecule has 0 aromatic heterocycles. The summed E-state index contributed by atoms with van der Waals surface area (Å²) in [6, 6.07) is 5.57. The van der Waals surface area contributed by atoms with Crippen molar-refractivity contribution in [3.8, 4) is 5.75 Å². The van der Waals surface area contributed by atoms with Gasteiger partial charge in [0, 0.05) is 6.54 Å². The second kappa shape index (κ2) is 5.89. The minimum Gasteiger partial charge on any atom is -0.481 e. The number of rotatable bonds is 5. The maximum Gasteiger partial charge on any atom is 0.261 e. The highest BCUT2D eigenvalue weighted by molar-refractivity contribution is 5.80. The molecule has 1 unspecified atom stereocenters. The van der Waals surface area contributed by atoms with Crippen LogP contribution in [0.15, 0.2) is 30.9 Å². The number of benzene rings is 1. The molecule has 102 valence electrons. The number of ether oxygens (including phenoxy) is 1. The Morgan fingerprint density at radius 2 is 2.47 bits per heavy atom. The van der Waals surface area contributed by atoms with E-state index in [1.54, 1.807) is 19.1 Å². The normalized spacial score (nSPS) is 18.5. The zero-order chi connectivity index (χ0) is 13.8. The molecule has 0 aliphatic heterocycles. The minimum atomic E-state index is -0.552. The Bertz CT molecular complexity index is 484. The molecule has 1 aliphatic rings. The van der Waals surface area contributed by atoms with Crippen molar-refractivity contribution in [1.82, 2.24) is 5.32 Å². The molecule has 0 saturated carbocycles. The van der Waals surface area contributed by atoms with E-state index in [2.05, 4.69) is 11.9 Å². The third-order valence-corrected chi connectivity index (χ3v) is 3.26. The Kier molecular flexibility index (Phi) is 4.22. The number of aliphatic hydroxyl groups excluding tert-OH is 1. The summed E-state index contributed by atoms with van der Waals surface area (Å²) in [6.07, 6.45) is 2.32. The highest BCUT2D eigenvalue weighted by Gasteiger charge is 2.21. The quantitative estimate of drug-likeness (QED) is 0.794. The van der Waals surface area contributed by atoms with Crippen molar-refractivity contribution in [2.75, 3.05) is 6.54 Å². The Labute approximate surface area is 113 Å². The largest absolute Gasteiger partial charge is 0.481 e. The summed E-state index contributed by atoms with van der Waals surface area (Å²) in [6.45, 7) is 5.69. The van der Waals surface area contributed by atoms with Gasteiger partial charge in [-0.3, -0.25) is 4.79 Å². The van der Waals surface area contributed by atoms with Gasteiger partial charge in [0.25, 0.3) is 5.91 Å². The van der Waals surface area contributed by atoms with E-state index in [9.17, 15) is 9.90 Å². The summed E-state index contributed by atoms with van der Waals surface area (Å²) >= 11 is 0. The Morgan fingerprint density at radius 3 is 3.21 bits per heavy atom. The van der Waals surface area contributed by atoms with Gasteiger partial charge in [0.2, 0.25) is 0 Å². The van der Waals surface area contributed by atoms with Crippen LogP contribution in [0.1, 0.15) is 30.6 Å². The van der Waals surface area contributed by atoms with E-state index in [1.165, 1.54) is 0 Å². The molecule has 0 saturated heterocycles. The number of hydrogen-bond donors (Lipinski definition) is 2. The van der Waals surface area contributed by atoms with Crippen LogP contribution in [0.5, 0.6) is 5.75 Å². The maximum absolute atomic E-state index is 11.7. The van der Waals surface area contributed by atoms with Crippen molar-refractivity contribution >= 4 is 5.91 Å². The number of hydrogen-bond acceptors (Lipinski definition) is 3. The Morgan fingerprint density at radius 1 is 1.68 bits per heavy atom. The lowest BCUT2D eigenvalue weighted by molar-refractivity contribution is -0.127. The van der Waals surface area contributed by atoms with Crippen LogP contribution in [-0.2, 0) is 11.2 Å². The van der Waals surface area contributed by atoms with Gasteiger partial charge in [-0.05, 0) is 43.0 Å². The first-order chi connectivity index (χ1) is 9.11. The first kappa shape index (κ1) is 13.6. The summed E-state index contributed by atoms with van der Waals surface area (Å²) in [4.78, 5) is 11.7. The molecule has 0 radical (unpaired) electrons. The number of carbonyl (C=O) groups is 1. The molecular formula is C15H19NO3.